The van der Waals surface area contributed by atoms with Crippen LogP contribution in [0.5, 0.6) is 0 Å². The van der Waals surface area contributed by atoms with Crippen LogP contribution in [0.25, 0.3) is 10.4 Å². The Labute approximate surface area is 105 Å². The smallest absolute Gasteiger partial charge is 0.166 e. The third-order valence-corrected chi connectivity index (χ3v) is 2.51. The molecule has 1 fully saturated rings. The summed E-state index contributed by atoms with van der Waals surface area (Å²) < 4.78 is 10.7. The van der Waals surface area contributed by atoms with Gasteiger partial charge in [0.2, 0.25) is 0 Å². The topological polar surface area (TPSA) is 128 Å². The van der Waals surface area contributed by atoms with Crippen molar-refractivity contribution in [3.63, 3.8) is 0 Å². The molecule has 0 bridgehead atoms. The predicted molar refractivity (Wildman–Crippen MR) is 61.5 cm³/mol. The normalized spacial score (nSPS) is 37.1. The van der Waals surface area contributed by atoms with Crippen LogP contribution in [-0.2, 0) is 9.47 Å². The van der Waals surface area contributed by atoms with E-state index in [-0.39, 0.29) is 0 Å². The van der Waals surface area contributed by atoms with Crippen molar-refractivity contribution < 1.29 is 24.8 Å². The molecule has 1 saturated heterocycles. The van der Waals surface area contributed by atoms with Crippen LogP contribution in [0.1, 0.15) is 20.8 Å². The van der Waals surface area contributed by atoms with Gasteiger partial charge in [-0.2, -0.15) is 0 Å². The molecule has 3 N–H and O–H groups in total. The lowest BCUT2D eigenvalue weighted by atomic mass is 9.96. The van der Waals surface area contributed by atoms with Crippen molar-refractivity contribution in [1.82, 2.24) is 0 Å². The number of hydrogen-bond donors (Lipinski definition) is 3. The SMILES string of the molecule is CC(C)(C)O[C@@H]1C(CO)O[C@@H](O)C(N=[N+]=[N-])C1O. The Kier molecular flexibility index (Phi) is 4.92. The van der Waals surface area contributed by atoms with Crippen molar-refractivity contribution in [2.75, 3.05) is 6.61 Å². The van der Waals surface area contributed by atoms with Crippen molar-refractivity contribution in [2.24, 2.45) is 5.11 Å². The van der Waals surface area contributed by atoms with E-state index in [1.165, 1.54) is 0 Å². The molecule has 1 heterocycles. The summed E-state index contributed by atoms with van der Waals surface area (Å²) >= 11 is 0. The van der Waals surface area contributed by atoms with E-state index < -0.39 is 42.9 Å². The van der Waals surface area contributed by atoms with Crippen molar-refractivity contribution >= 4 is 0 Å². The van der Waals surface area contributed by atoms with Gasteiger partial charge in [0.25, 0.3) is 0 Å². The van der Waals surface area contributed by atoms with Crippen molar-refractivity contribution in [2.45, 2.75) is 57.0 Å². The highest BCUT2D eigenvalue weighted by Crippen LogP contribution is 2.27. The van der Waals surface area contributed by atoms with Crippen LogP contribution in [0.2, 0.25) is 0 Å². The number of azide groups is 1. The highest BCUT2D eigenvalue weighted by atomic mass is 16.6. The third kappa shape index (κ3) is 3.55. The first kappa shape index (κ1) is 15.2. The molecule has 0 aromatic carbocycles. The third-order valence-electron chi connectivity index (χ3n) is 2.51. The minimum absolute atomic E-state index is 0.419. The summed E-state index contributed by atoms with van der Waals surface area (Å²) in [6.45, 7) is 4.92. The Morgan fingerprint density at radius 2 is 2.00 bits per heavy atom. The Balaban J connectivity index is 2.92. The maximum Gasteiger partial charge on any atom is 0.166 e. The average Bonchev–Trinajstić information content (AvgIpc) is 2.26. The highest BCUT2D eigenvalue weighted by Gasteiger charge is 2.46. The van der Waals surface area contributed by atoms with E-state index in [2.05, 4.69) is 10.0 Å². The van der Waals surface area contributed by atoms with E-state index in [1.54, 1.807) is 20.8 Å². The number of nitrogens with zero attached hydrogens (tertiary/aromatic N) is 3. The summed E-state index contributed by atoms with van der Waals surface area (Å²) in [6, 6.07) is -1.16. The van der Waals surface area contributed by atoms with Gasteiger partial charge in [-0.1, -0.05) is 5.11 Å². The molecule has 5 atom stereocenters. The second-order valence-corrected chi connectivity index (χ2v) is 5.13. The highest BCUT2D eigenvalue weighted by molar-refractivity contribution is 4.94. The molecule has 0 spiro atoms. The molecular weight excluding hydrogens is 242 g/mol. The van der Waals surface area contributed by atoms with Crippen LogP contribution < -0.4 is 0 Å². The molecule has 8 nitrogen and oxygen atoms in total. The fourth-order valence-corrected chi connectivity index (χ4v) is 1.81. The first-order valence-corrected chi connectivity index (χ1v) is 5.64. The lowest BCUT2D eigenvalue weighted by Crippen LogP contribution is -2.60. The van der Waals surface area contributed by atoms with E-state index >= 15 is 0 Å². The van der Waals surface area contributed by atoms with Crippen LogP contribution >= 0.6 is 0 Å². The van der Waals surface area contributed by atoms with Gasteiger partial charge in [0.05, 0.1) is 18.3 Å². The molecular formula is C10H19N3O5. The Bertz CT molecular complexity index is 326. The molecule has 0 radical (unpaired) electrons. The Morgan fingerprint density at radius 1 is 1.39 bits per heavy atom. The summed E-state index contributed by atoms with van der Waals surface area (Å²) in [4.78, 5) is 2.55. The largest absolute Gasteiger partial charge is 0.394 e. The van der Waals surface area contributed by atoms with Crippen LogP contribution in [0.3, 0.4) is 0 Å². The minimum atomic E-state index is -1.46. The zero-order valence-corrected chi connectivity index (χ0v) is 10.6. The minimum Gasteiger partial charge on any atom is -0.394 e. The van der Waals surface area contributed by atoms with Crippen LogP contribution in [-0.4, -0.2) is 58.2 Å². The lowest BCUT2D eigenvalue weighted by molar-refractivity contribution is -0.274. The molecule has 18 heavy (non-hydrogen) atoms. The van der Waals surface area contributed by atoms with Crippen molar-refractivity contribution in [3.05, 3.63) is 10.4 Å². The van der Waals surface area contributed by atoms with Crippen molar-refractivity contribution in [3.8, 4) is 0 Å². The van der Waals surface area contributed by atoms with E-state index in [0.29, 0.717) is 0 Å². The van der Waals surface area contributed by atoms with E-state index in [9.17, 15) is 15.3 Å². The van der Waals surface area contributed by atoms with Gasteiger partial charge in [-0.05, 0) is 26.3 Å². The maximum absolute atomic E-state index is 10.1. The van der Waals surface area contributed by atoms with Crippen LogP contribution in [0.4, 0.5) is 0 Å². The van der Waals surface area contributed by atoms with Gasteiger partial charge < -0.3 is 24.8 Å². The van der Waals surface area contributed by atoms with Gasteiger partial charge in [0.15, 0.2) is 6.29 Å². The number of aliphatic hydroxyl groups is 3. The fourth-order valence-electron chi connectivity index (χ4n) is 1.81. The lowest BCUT2D eigenvalue weighted by Gasteiger charge is -2.43. The zero-order valence-electron chi connectivity index (χ0n) is 10.6. The Hall–Kier alpha value is -0.890. The quantitative estimate of drug-likeness (QED) is 0.372. The van der Waals surface area contributed by atoms with Crippen molar-refractivity contribution in [1.29, 1.82) is 0 Å². The molecule has 104 valence electrons. The van der Waals surface area contributed by atoms with Gasteiger partial charge >= 0.3 is 0 Å². The maximum atomic E-state index is 10.1. The molecule has 1 rings (SSSR count). The molecule has 0 saturated carbocycles. The van der Waals surface area contributed by atoms with Crippen LogP contribution in [0.15, 0.2) is 5.11 Å². The van der Waals surface area contributed by atoms with Gasteiger partial charge in [-0.25, -0.2) is 0 Å². The monoisotopic (exact) mass is 261 g/mol. The second-order valence-electron chi connectivity index (χ2n) is 5.13. The molecule has 0 aliphatic carbocycles. The molecule has 1 aliphatic rings. The predicted octanol–water partition coefficient (Wildman–Crippen LogP) is -0.0806. The molecule has 0 amide bonds. The van der Waals surface area contributed by atoms with Gasteiger partial charge in [0, 0.05) is 4.91 Å². The number of aliphatic hydroxyl groups excluding tert-OH is 3. The zero-order chi connectivity index (χ0) is 13.9. The summed E-state index contributed by atoms with van der Waals surface area (Å²) in [5, 5.41) is 32.1. The summed E-state index contributed by atoms with van der Waals surface area (Å²) in [7, 11) is 0. The summed E-state index contributed by atoms with van der Waals surface area (Å²) in [6.07, 6.45) is -4.47. The molecule has 1 aliphatic heterocycles. The standard InChI is InChI=1S/C10H19N3O5/c1-10(2,3)18-8-5(4-14)17-9(16)6(7(8)15)12-13-11/h5-9,14-16H,4H2,1-3H3/t5?,6?,7?,8-,9-/m1/s1. The molecule has 0 aromatic heterocycles. The number of hydrogen-bond acceptors (Lipinski definition) is 6. The first-order valence-electron chi connectivity index (χ1n) is 5.64. The Morgan fingerprint density at radius 3 is 2.44 bits per heavy atom. The van der Waals surface area contributed by atoms with E-state index in [0.717, 1.165) is 0 Å². The molecule has 0 aromatic rings. The fraction of sp³-hybridized carbons (Fsp3) is 1.00. The average molecular weight is 261 g/mol. The van der Waals surface area contributed by atoms with Crippen LogP contribution in [0, 0.1) is 0 Å². The van der Waals surface area contributed by atoms with E-state index in [4.69, 9.17) is 15.0 Å². The number of ether oxygens (including phenoxy) is 2. The van der Waals surface area contributed by atoms with Gasteiger partial charge in [-0.3, -0.25) is 0 Å². The molecule has 8 heteroatoms. The summed E-state index contributed by atoms with van der Waals surface area (Å²) in [5.74, 6) is 0. The van der Waals surface area contributed by atoms with Gasteiger partial charge in [0.1, 0.15) is 18.2 Å². The first-order chi connectivity index (χ1) is 8.30. The second kappa shape index (κ2) is 5.83. The number of rotatable bonds is 3. The van der Waals surface area contributed by atoms with E-state index in [1.807, 2.05) is 0 Å². The molecule has 3 unspecified atom stereocenters. The van der Waals surface area contributed by atoms with Gasteiger partial charge in [-0.15, -0.1) is 0 Å². The summed E-state index contributed by atoms with van der Waals surface area (Å²) in [5.41, 5.74) is 7.81.